The van der Waals surface area contributed by atoms with E-state index in [0.29, 0.717) is 5.56 Å². The molecule has 1 aromatic carbocycles. The summed E-state index contributed by atoms with van der Waals surface area (Å²) in [4.78, 5) is 0. The highest BCUT2D eigenvalue weighted by molar-refractivity contribution is 5.39. The zero-order valence-corrected chi connectivity index (χ0v) is 8.52. The average molecular weight is 182 g/mol. The zero-order chi connectivity index (χ0) is 10.0. The fourth-order valence-electron chi connectivity index (χ4n) is 1.30. The molecule has 0 heterocycles. The fourth-order valence-corrected chi connectivity index (χ4v) is 1.30. The molecule has 0 aliphatic rings. The van der Waals surface area contributed by atoms with E-state index in [1.807, 2.05) is 13.8 Å². The molecular formula is C11H15FO. The zero-order valence-electron chi connectivity index (χ0n) is 8.52. The van der Waals surface area contributed by atoms with Crippen molar-refractivity contribution in [3.8, 4) is 5.75 Å². The molecule has 0 atom stereocenters. The first-order chi connectivity index (χ1) is 6.06. The van der Waals surface area contributed by atoms with Crippen molar-refractivity contribution in [3.05, 3.63) is 29.1 Å². The highest BCUT2D eigenvalue weighted by atomic mass is 19.1. The third-order valence-corrected chi connectivity index (χ3v) is 2.13. The quantitative estimate of drug-likeness (QED) is 0.682. The van der Waals surface area contributed by atoms with Crippen LogP contribution in [-0.2, 0) is 0 Å². The third kappa shape index (κ3) is 2.00. The summed E-state index contributed by atoms with van der Waals surface area (Å²) >= 11 is 0. The number of hydrogen-bond acceptors (Lipinski definition) is 1. The van der Waals surface area contributed by atoms with Gasteiger partial charge in [-0.1, -0.05) is 13.8 Å². The van der Waals surface area contributed by atoms with Crippen LogP contribution in [0.25, 0.3) is 0 Å². The van der Waals surface area contributed by atoms with E-state index < -0.39 is 0 Å². The largest absolute Gasteiger partial charge is 0.496 e. The number of aryl methyl sites for hydroxylation is 1. The van der Waals surface area contributed by atoms with Gasteiger partial charge in [0, 0.05) is 0 Å². The minimum absolute atomic E-state index is 0.163. The Morgan fingerprint density at radius 2 is 1.92 bits per heavy atom. The van der Waals surface area contributed by atoms with Crippen LogP contribution in [0.2, 0.25) is 0 Å². The SMILES string of the molecule is COc1cc(C)c(F)cc1C(C)C. The summed E-state index contributed by atoms with van der Waals surface area (Å²) < 4.78 is 18.4. The van der Waals surface area contributed by atoms with Gasteiger partial charge < -0.3 is 4.74 Å². The lowest BCUT2D eigenvalue weighted by Gasteiger charge is -2.12. The predicted octanol–water partition coefficient (Wildman–Crippen LogP) is 3.27. The van der Waals surface area contributed by atoms with E-state index in [9.17, 15) is 4.39 Å². The maximum atomic E-state index is 13.2. The fraction of sp³-hybridized carbons (Fsp3) is 0.455. The van der Waals surface area contributed by atoms with Crippen molar-refractivity contribution in [3.63, 3.8) is 0 Å². The highest BCUT2D eigenvalue weighted by Gasteiger charge is 2.10. The number of hydrogen-bond donors (Lipinski definition) is 0. The normalized spacial score (nSPS) is 10.6. The highest BCUT2D eigenvalue weighted by Crippen LogP contribution is 2.28. The van der Waals surface area contributed by atoms with Gasteiger partial charge in [0.15, 0.2) is 0 Å². The molecule has 2 heteroatoms. The van der Waals surface area contributed by atoms with E-state index in [2.05, 4.69) is 0 Å². The van der Waals surface area contributed by atoms with Gasteiger partial charge in [-0.2, -0.15) is 0 Å². The Morgan fingerprint density at radius 3 is 2.38 bits per heavy atom. The molecule has 0 aliphatic carbocycles. The number of rotatable bonds is 2. The van der Waals surface area contributed by atoms with Crippen molar-refractivity contribution >= 4 is 0 Å². The maximum absolute atomic E-state index is 13.2. The van der Waals surface area contributed by atoms with Gasteiger partial charge in [0.1, 0.15) is 11.6 Å². The second-order valence-electron chi connectivity index (χ2n) is 3.50. The Morgan fingerprint density at radius 1 is 1.31 bits per heavy atom. The van der Waals surface area contributed by atoms with Crippen LogP contribution in [-0.4, -0.2) is 7.11 Å². The van der Waals surface area contributed by atoms with E-state index in [4.69, 9.17) is 4.74 Å². The molecule has 1 aromatic rings. The summed E-state index contributed by atoms with van der Waals surface area (Å²) in [6.07, 6.45) is 0. The molecule has 0 radical (unpaired) electrons. The Kier molecular flexibility index (Phi) is 2.91. The Balaban J connectivity index is 3.25. The molecule has 0 unspecified atom stereocenters. The molecular weight excluding hydrogens is 167 g/mol. The molecule has 0 N–H and O–H groups in total. The van der Waals surface area contributed by atoms with Gasteiger partial charge in [-0.3, -0.25) is 0 Å². The lowest BCUT2D eigenvalue weighted by Crippen LogP contribution is -1.97. The summed E-state index contributed by atoms with van der Waals surface area (Å²) in [7, 11) is 1.61. The van der Waals surface area contributed by atoms with Gasteiger partial charge >= 0.3 is 0 Å². The molecule has 0 aliphatic heterocycles. The average Bonchev–Trinajstić information content (AvgIpc) is 2.08. The Hall–Kier alpha value is -1.05. The second kappa shape index (κ2) is 3.77. The molecule has 0 spiro atoms. The van der Waals surface area contributed by atoms with Crippen molar-refractivity contribution in [2.75, 3.05) is 7.11 Å². The van der Waals surface area contributed by atoms with Gasteiger partial charge in [-0.15, -0.1) is 0 Å². The van der Waals surface area contributed by atoms with Crippen molar-refractivity contribution in [2.24, 2.45) is 0 Å². The van der Waals surface area contributed by atoms with Gasteiger partial charge in [0.25, 0.3) is 0 Å². The minimum Gasteiger partial charge on any atom is -0.496 e. The topological polar surface area (TPSA) is 9.23 Å². The number of benzene rings is 1. The molecule has 0 saturated heterocycles. The Bertz CT molecular complexity index is 305. The van der Waals surface area contributed by atoms with Crippen molar-refractivity contribution in [1.82, 2.24) is 0 Å². The van der Waals surface area contributed by atoms with Crippen LogP contribution in [0.15, 0.2) is 12.1 Å². The molecule has 0 bridgehead atoms. The summed E-state index contributed by atoms with van der Waals surface area (Å²) in [6, 6.07) is 3.30. The smallest absolute Gasteiger partial charge is 0.126 e. The first-order valence-electron chi connectivity index (χ1n) is 4.40. The van der Waals surface area contributed by atoms with E-state index >= 15 is 0 Å². The maximum Gasteiger partial charge on any atom is 0.126 e. The standard InChI is InChI=1S/C11H15FO/c1-7(2)9-6-10(12)8(3)5-11(9)13-4/h5-7H,1-4H3. The summed E-state index contributed by atoms with van der Waals surface area (Å²) in [6.45, 7) is 5.78. The van der Waals surface area contributed by atoms with Gasteiger partial charge in [-0.05, 0) is 36.1 Å². The van der Waals surface area contributed by atoms with Crippen LogP contribution in [0.4, 0.5) is 4.39 Å². The van der Waals surface area contributed by atoms with Gasteiger partial charge in [0.05, 0.1) is 7.11 Å². The van der Waals surface area contributed by atoms with Crippen LogP contribution in [0, 0.1) is 12.7 Å². The van der Waals surface area contributed by atoms with Gasteiger partial charge in [0.2, 0.25) is 0 Å². The summed E-state index contributed by atoms with van der Waals surface area (Å²) in [5.41, 5.74) is 1.55. The second-order valence-corrected chi connectivity index (χ2v) is 3.50. The van der Waals surface area contributed by atoms with Crippen LogP contribution < -0.4 is 4.74 Å². The lowest BCUT2D eigenvalue weighted by atomic mass is 10.0. The molecule has 1 nitrogen and oxygen atoms in total. The van der Waals surface area contributed by atoms with Crippen molar-refractivity contribution < 1.29 is 9.13 Å². The molecule has 1 rings (SSSR count). The summed E-state index contributed by atoms with van der Waals surface area (Å²) in [5.74, 6) is 0.892. The van der Waals surface area contributed by atoms with E-state index in [1.165, 1.54) is 0 Å². The minimum atomic E-state index is -0.163. The van der Waals surface area contributed by atoms with Gasteiger partial charge in [-0.25, -0.2) is 4.39 Å². The third-order valence-electron chi connectivity index (χ3n) is 2.13. The first kappa shape index (κ1) is 10.0. The van der Waals surface area contributed by atoms with Crippen molar-refractivity contribution in [2.45, 2.75) is 26.7 Å². The molecule has 0 fully saturated rings. The first-order valence-corrected chi connectivity index (χ1v) is 4.40. The molecule has 0 aromatic heterocycles. The molecule has 72 valence electrons. The van der Waals surface area contributed by atoms with Crippen LogP contribution in [0.5, 0.6) is 5.75 Å². The van der Waals surface area contributed by atoms with E-state index in [0.717, 1.165) is 11.3 Å². The lowest BCUT2D eigenvalue weighted by molar-refractivity contribution is 0.405. The monoisotopic (exact) mass is 182 g/mol. The molecule has 0 saturated carbocycles. The number of methoxy groups -OCH3 is 1. The summed E-state index contributed by atoms with van der Waals surface area (Å²) in [5, 5.41) is 0. The Labute approximate surface area is 78.5 Å². The van der Waals surface area contributed by atoms with Crippen LogP contribution in [0.3, 0.4) is 0 Å². The molecule has 13 heavy (non-hydrogen) atoms. The van der Waals surface area contributed by atoms with E-state index in [-0.39, 0.29) is 11.7 Å². The number of ether oxygens (including phenoxy) is 1. The van der Waals surface area contributed by atoms with Crippen LogP contribution >= 0.6 is 0 Å². The van der Waals surface area contributed by atoms with Crippen molar-refractivity contribution in [1.29, 1.82) is 0 Å². The van der Waals surface area contributed by atoms with E-state index in [1.54, 1.807) is 26.2 Å². The number of halogens is 1. The molecule has 0 amide bonds. The predicted molar refractivity (Wildman–Crippen MR) is 51.8 cm³/mol. The van der Waals surface area contributed by atoms with Crippen LogP contribution in [0.1, 0.15) is 30.9 Å².